The number of halogens is 7. The van der Waals surface area contributed by atoms with Gasteiger partial charge in [0.2, 0.25) is 0 Å². The van der Waals surface area contributed by atoms with E-state index >= 15 is 0 Å². The van der Waals surface area contributed by atoms with E-state index in [2.05, 4.69) is 22.5 Å². The molecule has 0 aliphatic heterocycles. The molecule has 144 valence electrons. The molecule has 1 unspecified atom stereocenters. The van der Waals surface area contributed by atoms with Gasteiger partial charge in [-0.05, 0) is 36.2 Å². The fourth-order valence-corrected chi connectivity index (χ4v) is 3.51. The Hall–Kier alpha value is -1.37. The lowest BCUT2D eigenvalue weighted by molar-refractivity contribution is -0.189. The number of benzene rings is 2. The minimum Gasteiger partial charge on any atom is -0.294 e. The van der Waals surface area contributed by atoms with E-state index < -0.39 is 51.6 Å². The number of hydrogen-bond acceptors (Lipinski definition) is 1. The van der Waals surface area contributed by atoms with Crippen LogP contribution in [0.3, 0.4) is 0 Å². The smallest absolute Gasteiger partial charge is 0.294 e. The van der Waals surface area contributed by atoms with Crippen molar-refractivity contribution in [2.75, 3.05) is 0 Å². The summed E-state index contributed by atoms with van der Waals surface area (Å²) in [6.07, 6.45) is -5.27. The summed E-state index contributed by atoms with van der Waals surface area (Å²) in [7, 11) is 0. The van der Waals surface area contributed by atoms with E-state index in [1.165, 1.54) is 12.1 Å². The molecule has 0 fully saturated rings. The largest absolute Gasteiger partial charge is 0.399 e. The molecule has 0 spiro atoms. The van der Waals surface area contributed by atoms with Crippen molar-refractivity contribution < 1.29 is 22.4 Å². The van der Waals surface area contributed by atoms with Gasteiger partial charge in [-0.2, -0.15) is 13.2 Å². The summed E-state index contributed by atoms with van der Waals surface area (Å²) in [6, 6.07) is 7.67. The molecule has 0 saturated carbocycles. The Morgan fingerprint density at radius 2 is 1.63 bits per heavy atom. The molecule has 0 aliphatic carbocycles. The van der Waals surface area contributed by atoms with Gasteiger partial charge in [0, 0.05) is 16.5 Å². The molecular formula is C19H13BrCl2F4O. The van der Waals surface area contributed by atoms with E-state index in [4.69, 9.17) is 23.2 Å². The van der Waals surface area contributed by atoms with Crippen LogP contribution in [-0.4, -0.2) is 12.0 Å². The minimum atomic E-state index is -4.84. The molecule has 8 heteroatoms. The summed E-state index contributed by atoms with van der Waals surface area (Å²) >= 11 is 14.6. The summed E-state index contributed by atoms with van der Waals surface area (Å²) in [6.45, 7) is 3.38. The first-order chi connectivity index (χ1) is 12.5. The Labute approximate surface area is 172 Å². The highest BCUT2D eigenvalue weighted by molar-refractivity contribution is 9.10. The highest BCUT2D eigenvalue weighted by Gasteiger charge is 2.56. The summed E-state index contributed by atoms with van der Waals surface area (Å²) in [5, 5.41) is -1.10. The third-order valence-electron chi connectivity index (χ3n) is 4.20. The average molecular weight is 484 g/mol. The van der Waals surface area contributed by atoms with Crippen molar-refractivity contribution in [2.45, 2.75) is 24.4 Å². The summed E-state index contributed by atoms with van der Waals surface area (Å²) in [5.74, 6) is -1.74. The van der Waals surface area contributed by atoms with Gasteiger partial charge in [-0.3, -0.25) is 4.79 Å². The molecular weight excluding hydrogens is 471 g/mol. The van der Waals surface area contributed by atoms with Crippen LogP contribution in [0.5, 0.6) is 0 Å². The van der Waals surface area contributed by atoms with Gasteiger partial charge >= 0.3 is 6.18 Å². The van der Waals surface area contributed by atoms with Crippen LogP contribution >= 0.6 is 39.1 Å². The van der Waals surface area contributed by atoms with Crippen molar-refractivity contribution in [1.29, 1.82) is 0 Å². The fourth-order valence-electron chi connectivity index (χ4n) is 2.76. The Balaban J connectivity index is 2.61. The maximum atomic E-state index is 14.2. The van der Waals surface area contributed by atoms with Crippen LogP contribution in [0.1, 0.15) is 28.8 Å². The van der Waals surface area contributed by atoms with E-state index in [0.29, 0.717) is 4.47 Å². The molecule has 2 aromatic carbocycles. The van der Waals surface area contributed by atoms with Crippen molar-refractivity contribution >= 4 is 44.9 Å². The number of hydrogen-bond donors (Lipinski definition) is 0. The number of allylic oxidation sites excluding steroid dienone is 1. The maximum Gasteiger partial charge on any atom is 0.399 e. The van der Waals surface area contributed by atoms with Gasteiger partial charge < -0.3 is 0 Å². The molecule has 0 saturated heterocycles. The van der Waals surface area contributed by atoms with E-state index in [-0.39, 0.29) is 5.56 Å². The zero-order chi connectivity index (χ0) is 20.4. The van der Waals surface area contributed by atoms with Gasteiger partial charge in [-0.15, -0.1) is 6.58 Å². The van der Waals surface area contributed by atoms with Gasteiger partial charge in [0.15, 0.2) is 11.6 Å². The number of Topliss-reactive ketones (excluding diaryl/α,β-unsaturated/α-hetero) is 1. The highest BCUT2D eigenvalue weighted by Crippen LogP contribution is 2.49. The Bertz CT molecular complexity index is 842. The lowest BCUT2D eigenvalue weighted by atomic mass is 9.72. The molecule has 0 amide bonds. The van der Waals surface area contributed by atoms with Crippen molar-refractivity contribution in [1.82, 2.24) is 0 Å². The molecule has 27 heavy (non-hydrogen) atoms. The van der Waals surface area contributed by atoms with E-state index in [1.54, 1.807) is 12.1 Å². The molecule has 0 N–H and O–H groups in total. The quantitative estimate of drug-likeness (QED) is 0.179. The molecule has 0 aliphatic rings. The molecule has 2 rings (SSSR count). The lowest BCUT2D eigenvalue weighted by Gasteiger charge is -2.35. The molecule has 1 atom stereocenters. The van der Waals surface area contributed by atoms with Crippen LogP contribution in [0.15, 0.2) is 53.5 Å². The van der Waals surface area contributed by atoms with E-state index in [1.807, 2.05) is 0 Å². The van der Waals surface area contributed by atoms with Gasteiger partial charge in [0.25, 0.3) is 0 Å². The van der Waals surface area contributed by atoms with Gasteiger partial charge in [0.05, 0.1) is 10.0 Å². The topological polar surface area (TPSA) is 17.1 Å². The van der Waals surface area contributed by atoms with Crippen LogP contribution < -0.4 is 0 Å². The number of rotatable bonds is 6. The molecule has 0 aromatic heterocycles. The Kier molecular flexibility index (Phi) is 6.77. The zero-order valence-electron chi connectivity index (χ0n) is 13.7. The molecule has 1 nitrogen and oxygen atoms in total. The molecule has 2 aromatic rings. The summed E-state index contributed by atoms with van der Waals surface area (Å²) < 4.78 is 56.9. The van der Waals surface area contributed by atoms with Crippen molar-refractivity contribution in [3.05, 3.63) is 80.5 Å². The average Bonchev–Trinajstić information content (AvgIpc) is 2.58. The van der Waals surface area contributed by atoms with Gasteiger partial charge in [-0.25, -0.2) is 4.39 Å². The van der Waals surface area contributed by atoms with Crippen LogP contribution in [0.2, 0.25) is 10.0 Å². The predicted octanol–water partition coefficient (Wildman–Crippen LogP) is 7.54. The minimum absolute atomic E-state index is 0.121. The summed E-state index contributed by atoms with van der Waals surface area (Å²) in [5.41, 5.74) is -2.91. The zero-order valence-corrected chi connectivity index (χ0v) is 16.8. The number of carbonyl (C=O) groups is 1. The van der Waals surface area contributed by atoms with Crippen LogP contribution in [0.4, 0.5) is 17.6 Å². The number of alkyl halides is 3. The van der Waals surface area contributed by atoms with Crippen LogP contribution in [0, 0.1) is 5.82 Å². The number of carbonyl (C=O) groups excluding carboxylic acids is 1. The third-order valence-corrected chi connectivity index (χ3v) is 5.28. The van der Waals surface area contributed by atoms with Crippen LogP contribution in [0.25, 0.3) is 0 Å². The summed E-state index contributed by atoms with van der Waals surface area (Å²) in [4.78, 5) is 12.6. The SMILES string of the molecule is C=CCC(CC(=O)c1ccc(Br)cc1)(c1cc(Cl)c(F)c(Cl)c1)C(F)(F)F. The highest BCUT2D eigenvalue weighted by atomic mass is 79.9. The molecule has 0 heterocycles. The first-order valence-electron chi connectivity index (χ1n) is 7.63. The first-order valence-corrected chi connectivity index (χ1v) is 9.18. The monoisotopic (exact) mass is 482 g/mol. The van der Waals surface area contributed by atoms with Crippen molar-refractivity contribution in [3.63, 3.8) is 0 Å². The Morgan fingerprint density at radius 3 is 2.07 bits per heavy atom. The third kappa shape index (κ3) is 4.55. The van der Waals surface area contributed by atoms with Gasteiger partial charge in [-0.1, -0.05) is 57.3 Å². The van der Waals surface area contributed by atoms with Crippen molar-refractivity contribution in [2.24, 2.45) is 0 Å². The standard InChI is InChI=1S/C19H13BrCl2F4O/c1-2-7-18(19(24,25)26,12-8-14(21)17(23)15(22)9-12)10-16(27)11-3-5-13(20)6-4-11/h2-6,8-9H,1,7,10H2. The van der Waals surface area contributed by atoms with E-state index in [9.17, 15) is 22.4 Å². The second-order valence-electron chi connectivity index (χ2n) is 5.93. The lowest BCUT2D eigenvalue weighted by Crippen LogP contribution is -2.44. The second kappa shape index (κ2) is 8.33. The second-order valence-corrected chi connectivity index (χ2v) is 7.66. The van der Waals surface area contributed by atoms with Crippen molar-refractivity contribution in [3.8, 4) is 0 Å². The normalized spacial score (nSPS) is 13.9. The van der Waals surface area contributed by atoms with Crippen LogP contribution in [-0.2, 0) is 5.41 Å². The number of ketones is 1. The van der Waals surface area contributed by atoms with E-state index in [0.717, 1.165) is 18.2 Å². The molecule has 0 radical (unpaired) electrons. The fraction of sp³-hybridized carbons (Fsp3) is 0.211. The Morgan fingerprint density at radius 1 is 1.11 bits per heavy atom. The first kappa shape index (κ1) is 21.9. The van der Waals surface area contributed by atoms with Gasteiger partial charge in [0.1, 0.15) is 5.41 Å². The molecule has 0 bridgehead atoms. The predicted molar refractivity (Wildman–Crippen MR) is 102 cm³/mol. The maximum absolute atomic E-state index is 14.2.